The van der Waals surface area contributed by atoms with E-state index in [9.17, 15) is 4.39 Å². The highest BCUT2D eigenvalue weighted by Crippen LogP contribution is 2.27. The van der Waals surface area contributed by atoms with E-state index in [2.05, 4.69) is 15.5 Å². The molecule has 0 aliphatic rings. The van der Waals surface area contributed by atoms with E-state index in [1.807, 2.05) is 55.7 Å². The molecule has 2 aromatic carbocycles. The SMILES string of the molecule is Cc1cc(-c2cnc3ccccn23)ccc1OCc1ccccc1F. The number of nitrogens with zero attached hydrogens (tertiary/aromatic N) is 2. The molecule has 0 unspecified atom stereocenters. The summed E-state index contributed by atoms with van der Waals surface area (Å²) in [6.45, 7) is 2.20. The van der Waals surface area contributed by atoms with Crippen LogP contribution in [0.2, 0.25) is 0 Å². The van der Waals surface area contributed by atoms with Crippen LogP contribution in [-0.2, 0) is 6.61 Å². The van der Waals surface area contributed by atoms with Gasteiger partial charge < -0.3 is 4.74 Å². The highest BCUT2D eigenvalue weighted by molar-refractivity contribution is 5.65. The van der Waals surface area contributed by atoms with Gasteiger partial charge in [-0.25, -0.2) is 9.37 Å². The van der Waals surface area contributed by atoms with Crippen LogP contribution in [0.1, 0.15) is 11.1 Å². The molecular formula is C21H17FN2O. The van der Waals surface area contributed by atoms with Crippen LogP contribution in [-0.4, -0.2) is 9.38 Å². The number of hydrogen-bond donors (Lipinski definition) is 0. The Morgan fingerprint density at radius 3 is 2.72 bits per heavy atom. The molecule has 0 atom stereocenters. The number of aryl methyl sites for hydroxylation is 1. The lowest BCUT2D eigenvalue weighted by atomic mass is 10.1. The fourth-order valence-corrected chi connectivity index (χ4v) is 2.89. The van der Waals surface area contributed by atoms with Crippen molar-refractivity contribution < 1.29 is 9.13 Å². The molecule has 0 N–H and O–H groups in total. The van der Waals surface area contributed by atoms with Gasteiger partial charge in [-0.1, -0.05) is 24.3 Å². The van der Waals surface area contributed by atoms with Crippen LogP contribution < -0.4 is 4.74 Å². The van der Waals surface area contributed by atoms with Gasteiger partial charge in [0.1, 0.15) is 23.8 Å². The highest BCUT2D eigenvalue weighted by atomic mass is 19.1. The van der Waals surface area contributed by atoms with E-state index < -0.39 is 0 Å². The smallest absolute Gasteiger partial charge is 0.137 e. The number of benzene rings is 2. The maximum atomic E-state index is 13.7. The number of halogens is 1. The van der Waals surface area contributed by atoms with Gasteiger partial charge in [-0.05, 0) is 48.9 Å². The van der Waals surface area contributed by atoms with Crippen LogP contribution in [0.5, 0.6) is 5.75 Å². The molecule has 4 rings (SSSR count). The van der Waals surface area contributed by atoms with E-state index in [0.717, 1.165) is 28.2 Å². The molecule has 0 fully saturated rings. The second kappa shape index (κ2) is 6.40. The van der Waals surface area contributed by atoms with Crippen molar-refractivity contribution in [2.75, 3.05) is 0 Å². The predicted octanol–water partition coefficient (Wildman–Crippen LogP) is 5.03. The molecule has 0 spiro atoms. The molecule has 0 bridgehead atoms. The van der Waals surface area contributed by atoms with Gasteiger partial charge in [0.2, 0.25) is 0 Å². The predicted molar refractivity (Wildman–Crippen MR) is 96.1 cm³/mol. The summed E-state index contributed by atoms with van der Waals surface area (Å²) in [5, 5.41) is 0. The minimum absolute atomic E-state index is 0.211. The summed E-state index contributed by atoms with van der Waals surface area (Å²) in [7, 11) is 0. The zero-order valence-corrected chi connectivity index (χ0v) is 13.8. The molecule has 4 aromatic rings. The zero-order chi connectivity index (χ0) is 17.2. The quantitative estimate of drug-likeness (QED) is 0.524. The molecule has 124 valence electrons. The van der Waals surface area contributed by atoms with E-state index in [1.54, 1.807) is 12.1 Å². The summed E-state index contributed by atoms with van der Waals surface area (Å²) >= 11 is 0. The molecule has 0 saturated carbocycles. The largest absolute Gasteiger partial charge is 0.489 e. The number of hydrogen-bond acceptors (Lipinski definition) is 2. The Morgan fingerprint density at radius 1 is 1.04 bits per heavy atom. The van der Waals surface area contributed by atoms with Gasteiger partial charge in [-0.3, -0.25) is 4.40 Å². The van der Waals surface area contributed by atoms with Crippen molar-refractivity contribution in [1.29, 1.82) is 0 Å². The normalized spacial score (nSPS) is 11.0. The van der Waals surface area contributed by atoms with Crippen molar-refractivity contribution in [3.05, 3.63) is 90.0 Å². The molecule has 0 aliphatic heterocycles. The first-order valence-electron chi connectivity index (χ1n) is 8.12. The summed E-state index contributed by atoms with van der Waals surface area (Å²) in [6, 6.07) is 18.6. The van der Waals surface area contributed by atoms with Gasteiger partial charge in [-0.15, -0.1) is 0 Å². The van der Waals surface area contributed by atoms with Crippen LogP contribution in [0.15, 0.2) is 73.1 Å². The number of pyridine rings is 1. The molecule has 0 aliphatic carbocycles. The molecule has 0 amide bonds. The van der Waals surface area contributed by atoms with E-state index in [-0.39, 0.29) is 12.4 Å². The van der Waals surface area contributed by atoms with Crippen LogP contribution >= 0.6 is 0 Å². The van der Waals surface area contributed by atoms with Gasteiger partial charge in [0.25, 0.3) is 0 Å². The summed E-state index contributed by atoms with van der Waals surface area (Å²) in [6.07, 6.45) is 3.86. The Balaban J connectivity index is 1.60. The van der Waals surface area contributed by atoms with Crippen molar-refractivity contribution in [2.24, 2.45) is 0 Å². The molecule has 0 saturated heterocycles. The average molecular weight is 332 g/mol. The number of fused-ring (bicyclic) bond motifs is 1. The van der Waals surface area contributed by atoms with Crippen molar-refractivity contribution in [1.82, 2.24) is 9.38 Å². The zero-order valence-electron chi connectivity index (χ0n) is 13.8. The van der Waals surface area contributed by atoms with Crippen molar-refractivity contribution in [3.63, 3.8) is 0 Å². The second-order valence-corrected chi connectivity index (χ2v) is 5.93. The Bertz CT molecular complexity index is 1040. The van der Waals surface area contributed by atoms with Gasteiger partial charge in [0, 0.05) is 17.3 Å². The number of ether oxygens (including phenoxy) is 1. The van der Waals surface area contributed by atoms with E-state index in [1.165, 1.54) is 6.07 Å². The Morgan fingerprint density at radius 2 is 1.88 bits per heavy atom. The van der Waals surface area contributed by atoms with Crippen LogP contribution in [0.4, 0.5) is 4.39 Å². The monoisotopic (exact) mass is 332 g/mol. The third kappa shape index (κ3) is 2.98. The fraction of sp³-hybridized carbons (Fsp3) is 0.0952. The van der Waals surface area contributed by atoms with E-state index >= 15 is 0 Å². The van der Waals surface area contributed by atoms with E-state index in [0.29, 0.717) is 5.56 Å². The molecular weight excluding hydrogens is 315 g/mol. The van der Waals surface area contributed by atoms with Crippen molar-refractivity contribution in [3.8, 4) is 17.0 Å². The molecule has 2 aromatic heterocycles. The topological polar surface area (TPSA) is 26.5 Å². The molecule has 2 heterocycles. The van der Waals surface area contributed by atoms with Gasteiger partial charge in [0.05, 0.1) is 11.9 Å². The summed E-state index contributed by atoms with van der Waals surface area (Å²) < 4.78 is 21.6. The second-order valence-electron chi connectivity index (χ2n) is 5.93. The minimum Gasteiger partial charge on any atom is -0.489 e. The third-order valence-corrected chi connectivity index (χ3v) is 4.23. The Labute approximate surface area is 145 Å². The molecule has 0 radical (unpaired) electrons. The lowest BCUT2D eigenvalue weighted by molar-refractivity contribution is 0.298. The van der Waals surface area contributed by atoms with Crippen LogP contribution in [0, 0.1) is 12.7 Å². The first kappa shape index (κ1) is 15.4. The van der Waals surface area contributed by atoms with E-state index in [4.69, 9.17) is 4.74 Å². The molecule has 25 heavy (non-hydrogen) atoms. The minimum atomic E-state index is -0.248. The number of aromatic nitrogens is 2. The summed E-state index contributed by atoms with van der Waals surface area (Å²) in [5.74, 6) is 0.503. The summed E-state index contributed by atoms with van der Waals surface area (Å²) in [5.41, 5.74) is 4.55. The first-order chi connectivity index (χ1) is 12.2. The third-order valence-electron chi connectivity index (χ3n) is 4.23. The maximum absolute atomic E-state index is 13.7. The van der Waals surface area contributed by atoms with Gasteiger partial charge >= 0.3 is 0 Å². The Hall–Kier alpha value is -3.14. The molecule has 4 heteroatoms. The maximum Gasteiger partial charge on any atom is 0.137 e. The first-order valence-corrected chi connectivity index (χ1v) is 8.12. The lowest BCUT2D eigenvalue weighted by Gasteiger charge is -2.11. The molecule has 3 nitrogen and oxygen atoms in total. The van der Waals surface area contributed by atoms with Crippen LogP contribution in [0.3, 0.4) is 0 Å². The standard InChI is InChI=1S/C21H17FN2O/c1-15-12-16(19-13-23-21-8-4-5-11-24(19)21)9-10-20(15)25-14-17-6-2-3-7-18(17)22/h2-13H,14H2,1H3. The lowest BCUT2D eigenvalue weighted by Crippen LogP contribution is -1.99. The van der Waals surface area contributed by atoms with Gasteiger partial charge in [0.15, 0.2) is 0 Å². The fourth-order valence-electron chi connectivity index (χ4n) is 2.89. The Kier molecular flexibility index (Phi) is 3.94. The van der Waals surface area contributed by atoms with Gasteiger partial charge in [-0.2, -0.15) is 0 Å². The summed E-state index contributed by atoms with van der Waals surface area (Å²) in [4.78, 5) is 4.42. The van der Waals surface area contributed by atoms with Crippen LogP contribution in [0.25, 0.3) is 16.9 Å². The van der Waals surface area contributed by atoms with Crippen molar-refractivity contribution in [2.45, 2.75) is 13.5 Å². The number of rotatable bonds is 4. The van der Waals surface area contributed by atoms with Crippen molar-refractivity contribution >= 4 is 5.65 Å². The average Bonchev–Trinajstić information content (AvgIpc) is 3.06. The highest BCUT2D eigenvalue weighted by Gasteiger charge is 2.09. The number of imidazole rings is 1.